The van der Waals surface area contributed by atoms with E-state index in [9.17, 15) is 19.2 Å². The number of aliphatic carboxylic acids is 4. The van der Waals surface area contributed by atoms with Gasteiger partial charge in [-0.3, -0.25) is 24.1 Å². The number of hydrogen-bond donors (Lipinski definition) is 4. The minimum absolute atomic E-state index is 0. The number of hydrogen-bond acceptors (Lipinski definition) is 5. The van der Waals surface area contributed by atoms with Crippen LogP contribution in [0.2, 0.25) is 0 Å². The largest absolute Gasteiger partial charge is 1.00 e. The fourth-order valence-corrected chi connectivity index (χ4v) is 1.16. The van der Waals surface area contributed by atoms with Gasteiger partial charge < -0.3 is 26.1 Å². The SMILES string of the molecule is O=C(O)C[C@@H](C(=O)O)N(CC(=O)O)CC(=O)O.[H-].[H-].[H-].[H-].[Na+].[Na+].[Na+].[Na+]. The first-order valence-electron chi connectivity index (χ1n) is 4.36. The molecule has 0 aromatic rings. The third-order valence-corrected chi connectivity index (χ3v) is 1.77. The molecule has 0 spiro atoms. The van der Waals surface area contributed by atoms with E-state index in [2.05, 4.69) is 0 Å². The van der Waals surface area contributed by atoms with Crippen LogP contribution in [0.1, 0.15) is 12.1 Å². The zero-order chi connectivity index (χ0) is 13.6. The van der Waals surface area contributed by atoms with E-state index in [0.717, 1.165) is 0 Å². The number of carbonyl (C=O) groups is 4. The Hall–Kier alpha value is 1.84. The maximum Gasteiger partial charge on any atom is 1.00 e. The molecule has 1 atom stereocenters. The number of carboxylic acids is 4. The van der Waals surface area contributed by atoms with Crippen LogP contribution in [0.25, 0.3) is 0 Å². The molecule has 0 rings (SSSR count). The zero-order valence-electron chi connectivity index (χ0n) is 16.6. The molecule has 0 aliphatic carbocycles. The Morgan fingerprint density at radius 1 is 0.762 bits per heavy atom. The van der Waals surface area contributed by atoms with Gasteiger partial charge in [-0.15, -0.1) is 0 Å². The van der Waals surface area contributed by atoms with Crippen LogP contribution in [-0.2, 0) is 19.2 Å². The van der Waals surface area contributed by atoms with Crippen LogP contribution in [-0.4, -0.2) is 68.3 Å². The molecule has 9 nitrogen and oxygen atoms in total. The van der Waals surface area contributed by atoms with Gasteiger partial charge in [-0.25, -0.2) is 0 Å². The molecule has 0 aliphatic heterocycles. The van der Waals surface area contributed by atoms with E-state index in [1.54, 1.807) is 0 Å². The maximum atomic E-state index is 10.7. The van der Waals surface area contributed by atoms with E-state index in [0.29, 0.717) is 4.90 Å². The molecule has 13 heteroatoms. The van der Waals surface area contributed by atoms with Crippen LogP contribution in [0.5, 0.6) is 0 Å². The van der Waals surface area contributed by atoms with Crippen molar-refractivity contribution in [2.24, 2.45) is 0 Å². The van der Waals surface area contributed by atoms with Gasteiger partial charge in [0.25, 0.3) is 0 Å². The van der Waals surface area contributed by atoms with Gasteiger partial charge in [0.2, 0.25) is 0 Å². The van der Waals surface area contributed by atoms with Crippen LogP contribution < -0.4 is 118 Å². The fraction of sp³-hybridized carbons (Fsp3) is 0.500. The molecule has 4 N–H and O–H groups in total. The molecule has 0 saturated carbocycles. The van der Waals surface area contributed by atoms with Crippen molar-refractivity contribution in [1.82, 2.24) is 4.90 Å². The third kappa shape index (κ3) is 18.0. The van der Waals surface area contributed by atoms with Crippen molar-refractivity contribution in [1.29, 1.82) is 0 Å². The van der Waals surface area contributed by atoms with Crippen molar-refractivity contribution in [2.45, 2.75) is 12.5 Å². The molecule has 0 unspecified atom stereocenters. The standard InChI is InChI=1S/C8H11NO8.4Na.4H/c10-5(11)1-4(8(16)17)9(2-6(12)13)3-7(14)15;;;;;;;;/h4H,1-3H2,(H,10,11)(H,12,13)(H,14,15)(H,16,17);;;;;;;;/q;4*+1;4*-1/t4-;;;;;;;;/m0......../s1. The Bertz CT molecular complexity index is 353. The molecular formula is C8H15NNa4O8. The topological polar surface area (TPSA) is 152 Å². The van der Waals surface area contributed by atoms with Gasteiger partial charge in [-0.2, -0.15) is 0 Å². The molecule has 104 valence electrons. The van der Waals surface area contributed by atoms with Crippen LogP contribution >= 0.6 is 0 Å². The summed E-state index contributed by atoms with van der Waals surface area (Å²) in [5.74, 6) is -5.93. The van der Waals surface area contributed by atoms with Crippen molar-refractivity contribution >= 4 is 23.9 Å². The minimum atomic E-state index is -1.69. The van der Waals surface area contributed by atoms with Crippen molar-refractivity contribution < 1.29 is 164 Å². The zero-order valence-corrected chi connectivity index (χ0v) is 20.6. The van der Waals surface area contributed by atoms with E-state index in [4.69, 9.17) is 20.4 Å². The van der Waals surface area contributed by atoms with Crippen LogP contribution in [0.15, 0.2) is 0 Å². The van der Waals surface area contributed by atoms with Gasteiger partial charge in [0.05, 0.1) is 19.5 Å². The second-order valence-electron chi connectivity index (χ2n) is 3.14. The summed E-state index contributed by atoms with van der Waals surface area (Å²) in [5.41, 5.74) is 0. The van der Waals surface area contributed by atoms with Gasteiger partial charge in [-0.1, -0.05) is 0 Å². The molecule has 0 saturated heterocycles. The predicted molar refractivity (Wildman–Crippen MR) is 55.0 cm³/mol. The molecule has 0 amide bonds. The summed E-state index contributed by atoms with van der Waals surface area (Å²) in [5, 5.41) is 34.2. The monoisotopic (exact) mass is 345 g/mol. The normalized spacial score (nSPS) is 9.76. The summed E-state index contributed by atoms with van der Waals surface area (Å²) in [7, 11) is 0. The van der Waals surface area contributed by atoms with Gasteiger partial charge in [0.15, 0.2) is 0 Å². The molecule has 0 aromatic heterocycles. The second kappa shape index (κ2) is 18.2. The first-order valence-corrected chi connectivity index (χ1v) is 4.36. The Kier molecular flexibility index (Phi) is 29.6. The van der Waals surface area contributed by atoms with E-state index < -0.39 is 49.4 Å². The minimum Gasteiger partial charge on any atom is -1.00 e. The van der Waals surface area contributed by atoms with E-state index in [1.807, 2.05) is 0 Å². The number of rotatable bonds is 8. The van der Waals surface area contributed by atoms with Crippen LogP contribution in [0.4, 0.5) is 0 Å². The van der Waals surface area contributed by atoms with Crippen molar-refractivity contribution in [3.8, 4) is 0 Å². The molecule has 0 heterocycles. The summed E-state index contributed by atoms with van der Waals surface area (Å²) in [6.45, 7) is -1.73. The van der Waals surface area contributed by atoms with E-state index >= 15 is 0 Å². The quantitative estimate of drug-likeness (QED) is 0.314. The predicted octanol–water partition coefficient (Wildman–Crippen LogP) is -13.1. The molecular weight excluding hydrogens is 330 g/mol. The molecule has 0 aromatic carbocycles. The third-order valence-electron chi connectivity index (χ3n) is 1.77. The summed E-state index contributed by atoms with van der Waals surface area (Å²) in [6, 6.07) is -1.69. The van der Waals surface area contributed by atoms with Gasteiger partial charge in [-0.05, 0) is 0 Å². The van der Waals surface area contributed by atoms with E-state index in [1.165, 1.54) is 0 Å². The fourth-order valence-electron chi connectivity index (χ4n) is 1.16. The summed E-state index contributed by atoms with van der Waals surface area (Å²) in [6.07, 6.45) is -0.879. The van der Waals surface area contributed by atoms with Crippen LogP contribution in [0, 0.1) is 0 Å². The Labute approximate surface area is 214 Å². The van der Waals surface area contributed by atoms with E-state index in [-0.39, 0.29) is 124 Å². The van der Waals surface area contributed by atoms with Crippen molar-refractivity contribution in [2.75, 3.05) is 13.1 Å². The van der Waals surface area contributed by atoms with Crippen LogP contribution in [0.3, 0.4) is 0 Å². The molecule has 21 heavy (non-hydrogen) atoms. The van der Waals surface area contributed by atoms with Crippen molar-refractivity contribution in [3.63, 3.8) is 0 Å². The van der Waals surface area contributed by atoms with Gasteiger partial charge in [0, 0.05) is 0 Å². The molecule has 0 aliphatic rings. The van der Waals surface area contributed by atoms with Crippen molar-refractivity contribution in [3.05, 3.63) is 0 Å². The summed E-state index contributed by atoms with van der Waals surface area (Å²) >= 11 is 0. The Morgan fingerprint density at radius 3 is 1.29 bits per heavy atom. The molecule has 0 bridgehead atoms. The Balaban J connectivity index is -0.0000000457. The Morgan fingerprint density at radius 2 is 1.10 bits per heavy atom. The summed E-state index contributed by atoms with van der Waals surface area (Å²) < 4.78 is 0. The number of nitrogens with zero attached hydrogens (tertiary/aromatic N) is 1. The number of carboxylic acid groups (broad SMARTS) is 4. The maximum absolute atomic E-state index is 10.7. The molecule has 0 radical (unpaired) electrons. The first kappa shape index (κ1) is 34.2. The molecule has 0 fully saturated rings. The average molecular weight is 345 g/mol. The smallest absolute Gasteiger partial charge is 1.00 e. The average Bonchev–Trinajstić information content (AvgIpc) is 2.10. The van der Waals surface area contributed by atoms with Gasteiger partial charge in [0.1, 0.15) is 6.04 Å². The second-order valence-corrected chi connectivity index (χ2v) is 3.14. The first-order chi connectivity index (χ1) is 7.73. The van der Waals surface area contributed by atoms with Gasteiger partial charge >= 0.3 is 142 Å². The summed E-state index contributed by atoms with van der Waals surface area (Å²) in [4.78, 5) is 42.6.